The van der Waals surface area contributed by atoms with Gasteiger partial charge >= 0.3 is 5.97 Å². The number of ether oxygens (including phenoxy) is 3. The van der Waals surface area contributed by atoms with Crippen LogP contribution in [-0.4, -0.2) is 83.7 Å². The molecule has 0 bridgehead atoms. The minimum Gasteiger partial charge on any atom is -0.507 e. The lowest BCUT2D eigenvalue weighted by Crippen LogP contribution is -2.67. The van der Waals surface area contributed by atoms with Gasteiger partial charge in [0, 0.05) is 41.2 Å². The lowest BCUT2D eigenvalue weighted by molar-refractivity contribution is -0.371. The Morgan fingerprint density at radius 1 is 0.846 bits per heavy atom. The number of aromatic hydroxyl groups is 1. The van der Waals surface area contributed by atoms with E-state index < -0.39 is 65.8 Å². The molecule has 0 saturated carbocycles. The molecule has 4 aromatic carbocycles. The Bertz CT molecular complexity index is 2090. The van der Waals surface area contributed by atoms with Crippen molar-refractivity contribution in [2.45, 2.75) is 63.9 Å². The number of aliphatic hydroxyl groups is 6. The number of rotatable bonds is 9. The molecule has 270 valence electrons. The maximum absolute atomic E-state index is 14.6. The number of hydrogen-bond donors (Lipinski definition) is 7. The van der Waals surface area contributed by atoms with Crippen LogP contribution in [-0.2, 0) is 29.2 Å². The van der Waals surface area contributed by atoms with Crippen LogP contribution < -0.4 is 9.47 Å². The molecule has 0 spiro atoms. The molecule has 0 aromatic heterocycles. The second kappa shape index (κ2) is 14.4. The van der Waals surface area contributed by atoms with Crippen LogP contribution in [0.3, 0.4) is 0 Å². The Kier molecular flexibility index (Phi) is 10.1. The molecule has 2 aliphatic rings. The Balaban J connectivity index is 1.57. The lowest BCUT2D eigenvalue weighted by atomic mass is 9.77. The molecule has 0 amide bonds. The summed E-state index contributed by atoms with van der Waals surface area (Å²) in [6.45, 7) is 1.43. The summed E-state index contributed by atoms with van der Waals surface area (Å²) in [6.07, 6.45) is -4.30. The van der Waals surface area contributed by atoms with Gasteiger partial charge in [-0.05, 0) is 47.4 Å². The van der Waals surface area contributed by atoms with Gasteiger partial charge in [0.25, 0.3) is 0 Å². The normalized spacial score (nSPS) is 20.8. The average Bonchev–Trinajstić information content (AvgIpc) is 3.12. The van der Waals surface area contributed by atoms with E-state index in [-0.39, 0.29) is 57.9 Å². The van der Waals surface area contributed by atoms with E-state index in [9.17, 15) is 50.1 Å². The summed E-state index contributed by atoms with van der Waals surface area (Å²) in [5, 5.41) is 74.0. The largest absolute Gasteiger partial charge is 0.507 e. The van der Waals surface area contributed by atoms with Gasteiger partial charge in [-0.25, -0.2) is 0 Å². The second-order valence-electron chi connectivity index (χ2n) is 12.6. The van der Waals surface area contributed by atoms with E-state index in [1.807, 2.05) is 6.07 Å². The van der Waals surface area contributed by atoms with E-state index in [2.05, 4.69) is 0 Å². The molecule has 4 atom stereocenters. The monoisotopic (exact) mass is 712 g/mol. The summed E-state index contributed by atoms with van der Waals surface area (Å²) in [5.41, 5.74) is 0.487. The number of fused-ring (bicyclic) bond motifs is 2. The van der Waals surface area contributed by atoms with E-state index in [1.54, 1.807) is 54.6 Å². The van der Waals surface area contributed by atoms with Crippen molar-refractivity contribution in [3.05, 3.63) is 122 Å². The number of hydrogen-bond acceptors (Lipinski definition) is 13. The van der Waals surface area contributed by atoms with Crippen LogP contribution in [0.5, 0.6) is 17.2 Å². The van der Waals surface area contributed by atoms with Gasteiger partial charge < -0.3 is 50.0 Å². The van der Waals surface area contributed by atoms with Gasteiger partial charge in [-0.2, -0.15) is 0 Å². The molecule has 1 saturated heterocycles. The van der Waals surface area contributed by atoms with Crippen molar-refractivity contribution < 1.29 is 64.3 Å². The van der Waals surface area contributed by atoms with E-state index in [1.165, 1.54) is 19.1 Å². The topological polar surface area (TPSA) is 221 Å². The SMILES string of the molecule is CC(=O)Oc1cc(CO)c2c(c1C=Cc1ccccc1)C(=O)c1cc(OC3OC(C)C(O)C(O)(O)C3O)c(Cc3cccc(CO)c3)c(O)c1C2=O. The predicted octanol–water partition coefficient (Wildman–Crippen LogP) is 2.37. The zero-order valence-corrected chi connectivity index (χ0v) is 28.0. The van der Waals surface area contributed by atoms with Crippen molar-refractivity contribution in [2.24, 2.45) is 0 Å². The van der Waals surface area contributed by atoms with Crippen molar-refractivity contribution in [1.82, 2.24) is 0 Å². The van der Waals surface area contributed by atoms with Gasteiger partial charge in [0.2, 0.25) is 12.1 Å². The molecule has 7 N–H and O–H groups in total. The number of aliphatic hydroxyl groups excluding tert-OH is 4. The van der Waals surface area contributed by atoms with Gasteiger partial charge in [-0.3, -0.25) is 14.4 Å². The average molecular weight is 713 g/mol. The van der Waals surface area contributed by atoms with E-state index in [0.29, 0.717) is 16.7 Å². The standard InChI is InChI=1S/C39H36O13/c1-19-36(46)39(48,49)37(47)38(50-19)52-29-16-27-32(33(43)26(29)14-22-9-6-10-23(13-22)17-40)35(45)30-24(18-41)15-28(51-20(2)42)25(31(30)34(27)44)12-11-21-7-4-3-5-8-21/h3-13,15-16,19,36-38,40-41,43,46-49H,14,17-18H2,1-2H3. The third-order valence-corrected chi connectivity index (χ3v) is 9.09. The summed E-state index contributed by atoms with van der Waals surface area (Å²) < 4.78 is 17.0. The highest BCUT2D eigenvalue weighted by Gasteiger charge is 2.54. The molecule has 52 heavy (non-hydrogen) atoms. The fraction of sp³-hybridized carbons (Fsp3) is 0.256. The molecule has 4 aromatic rings. The van der Waals surface area contributed by atoms with Gasteiger partial charge in [-0.15, -0.1) is 0 Å². The first kappa shape index (κ1) is 36.5. The molecule has 1 heterocycles. The van der Waals surface area contributed by atoms with Crippen molar-refractivity contribution in [2.75, 3.05) is 0 Å². The number of carbonyl (C=O) groups excluding carboxylic acids is 3. The molecule has 1 fully saturated rings. The first-order chi connectivity index (χ1) is 24.8. The summed E-state index contributed by atoms with van der Waals surface area (Å²) in [6, 6.07) is 18.0. The van der Waals surface area contributed by atoms with Crippen molar-refractivity contribution >= 4 is 29.7 Å². The maximum Gasteiger partial charge on any atom is 0.308 e. The van der Waals surface area contributed by atoms with Crippen molar-refractivity contribution in [1.29, 1.82) is 0 Å². The van der Waals surface area contributed by atoms with Crippen LogP contribution in [0.4, 0.5) is 0 Å². The zero-order chi connectivity index (χ0) is 37.5. The van der Waals surface area contributed by atoms with Crippen LogP contribution in [0.2, 0.25) is 0 Å². The first-order valence-corrected chi connectivity index (χ1v) is 16.3. The molecule has 6 rings (SSSR count). The lowest BCUT2D eigenvalue weighted by Gasteiger charge is -2.44. The van der Waals surface area contributed by atoms with E-state index >= 15 is 0 Å². The van der Waals surface area contributed by atoms with Crippen LogP contribution in [0, 0.1) is 0 Å². The van der Waals surface area contributed by atoms with Crippen LogP contribution in [0.15, 0.2) is 66.7 Å². The molecule has 1 aliphatic heterocycles. The number of benzene rings is 4. The Hall–Kier alpha value is -5.25. The molecular formula is C39H36O13. The number of phenols is 1. The number of ketones is 2. The van der Waals surface area contributed by atoms with Gasteiger partial charge in [0.1, 0.15) is 23.4 Å². The Morgan fingerprint density at radius 3 is 2.23 bits per heavy atom. The third-order valence-electron chi connectivity index (χ3n) is 9.09. The molecular weight excluding hydrogens is 676 g/mol. The second-order valence-corrected chi connectivity index (χ2v) is 12.6. The van der Waals surface area contributed by atoms with Gasteiger partial charge in [0.15, 0.2) is 17.7 Å². The predicted molar refractivity (Wildman–Crippen MR) is 183 cm³/mol. The molecule has 13 heteroatoms. The maximum atomic E-state index is 14.6. The van der Waals surface area contributed by atoms with Crippen molar-refractivity contribution in [3.8, 4) is 17.2 Å². The minimum atomic E-state index is -3.08. The minimum absolute atomic E-state index is 0.0429. The van der Waals surface area contributed by atoms with Crippen molar-refractivity contribution in [3.63, 3.8) is 0 Å². The fourth-order valence-electron chi connectivity index (χ4n) is 6.47. The zero-order valence-electron chi connectivity index (χ0n) is 28.0. The fourth-order valence-corrected chi connectivity index (χ4v) is 6.47. The summed E-state index contributed by atoms with van der Waals surface area (Å²) in [4.78, 5) is 41.2. The quantitative estimate of drug-likeness (QED) is 0.0506. The highest BCUT2D eigenvalue weighted by atomic mass is 16.7. The summed E-state index contributed by atoms with van der Waals surface area (Å²) >= 11 is 0. The van der Waals surface area contributed by atoms with E-state index in [0.717, 1.165) is 13.0 Å². The Morgan fingerprint density at radius 2 is 1.56 bits per heavy atom. The highest BCUT2D eigenvalue weighted by Crippen LogP contribution is 2.45. The summed E-state index contributed by atoms with van der Waals surface area (Å²) in [7, 11) is 0. The van der Waals surface area contributed by atoms with Crippen LogP contribution >= 0.6 is 0 Å². The molecule has 4 unspecified atom stereocenters. The number of esters is 1. The third kappa shape index (κ3) is 6.62. The smallest absolute Gasteiger partial charge is 0.308 e. The van der Waals surface area contributed by atoms with Crippen LogP contribution in [0.25, 0.3) is 12.2 Å². The molecule has 0 radical (unpaired) electrons. The van der Waals surface area contributed by atoms with E-state index in [4.69, 9.17) is 14.2 Å². The van der Waals surface area contributed by atoms with Gasteiger partial charge in [0.05, 0.1) is 24.9 Å². The highest BCUT2D eigenvalue weighted by molar-refractivity contribution is 6.31. The Labute approximate surface area is 297 Å². The molecule has 13 nitrogen and oxygen atoms in total. The summed E-state index contributed by atoms with van der Waals surface area (Å²) in [5.74, 6) is -6.54. The number of carbonyl (C=O) groups is 3. The van der Waals surface area contributed by atoms with Crippen LogP contribution in [0.1, 0.15) is 79.1 Å². The number of phenolic OH excluding ortho intramolecular Hbond substituents is 1. The first-order valence-electron chi connectivity index (χ1n) is 16.3. The van der Waals surface area contributed by atoms with Gasteiger partial charge in [-0.1, -0.05) is 60.7 Å². The molecule has 1 aliphatic carbocycles.